The van der Waals surface area contributed by atoms with Gasteiger partial charge in [0.1, 0.15) is 5.75 Å². The molecule has 0 unspecified atom stereocenters. The van der Waals surface area contributed by atoms with E-state index in [1.54, 1.807) is 0 Å². The van der Waals surface area contributed by atoms with Crippen molar-refractivity contribution >= 4 is 29.0 Å². The first-order valence-corrected chi connectivity index (χ1v) is 6.89. The molecule has 0 heterocycles. The maximum atomic E-state index is 5.99. The Morgan fingerprint density at radius 3 is 2.13 bits per heavy atom. The van der Waals surface area contributed by atoms with Crippen LogP contribution in [0.4, 0.5) is 0 Å². The molecule has 23 heavy (non-hydrogen) atoms. The Balaban J connectivity index is 0.00000242. The van der Waals surface area contributed by atoms with E-state index >= 15 is 0 Å². The van der Waals surface area contributed by atoms with Gasteiger partial charge in [0.05, 0.1) is 14.2 Å². The summed E-state index contributed by atoms with van der Waals surface area (Å²) in [5, 5.41) is 1.76. The van der Waals surface area contributed by atoms with Gasteiger partial charge in [-0.1, -0.05) is 41.1 Å². The molecule has 0 amide bonds. The van der Waals surface area contributed by atoms with Crippen molar-refractivity contribution in [2.75, 3.05) is 14.2 Å². The summed E-state index contributed by atoms with van der Waals surface area (Å²) in [6, 6.07) is 15.1. The van der Waals surface area contributed by atoms with Gasteiger partial charge in [0.15, 0.2) is 0 Å². The zero-order valence-corrected chi connectivity index (χ0v) is 17.7. The second-order valence-electron chi connectivity index (χ2n) is 4.02. The summed E-state index contributed by atoms with van der Waals surface area (Å²) in [6.07, 6.45) is 0. The van der Waals surface area contributed by atoms with Crippen LogP contribution in [0, 0.1) is 0 Å². The van der Waals surface area contributed by atoms with Gasteiger partial charge in [-0.2, -0.15) is 0 Å². The number of nitrogens with zero attached hydrogens (tertiary/aromatic N) is 1. The van der Waals surface area contributed by atoms with Crippen LogP contribution in [0.1, 0.15) is 0 Å². The topological polar surface area (TPSA) is 60.9 Å². The van der Waals surface area contributed by atoms with Gasteiger partial charge in [-0.3, -0.25) is 0 Å². The van der Waals surface area contributed by atoms with Crippen molar-refractivity contribution in [1.82, 2.24) is 5.23 Å². The van der Waals surface area contributed by atoms with Crippen molar-refractivity contribution in [3.05, 3.63) is 53.6 Å². The van der Waals surface area contributed by atoms with Crippen LogP contribution in [-0.2, 0) is 9.68 Å². The van der Waals surface area contributed by atoms with E-state index in [2.05, 4.69) is 0 Å². The van der Waals surface area contributed by atoms with Crippen molar-refractivity contribution in [2.45, 2.75) is 0 Å². The monoisotopic (exact) mass is 379 g/mol. The zero-order valence-electron chi connectivity index (χ0n) is 13.0. The molecule has 0 aromatic heterocycles. The van der Waals surface area contributed by atoms with Gasteiger partial charge < -0.3 is 10.2 Å². The molecule has 8 heteroatoms. The fourth-order valence-electron chi connectivity index (χ4n) is 1.75. The first-order valence-electron chi connectivity index (χ1n) is 6.10. The summed E-state index contributed by atoms with van der Waals surface area (Å²) < 4.78 is 5.45. The smallest absolute Gasteiger partial charge is 0.870 e. The minimum Gasteiger partial charge on any atom is -0.870 e. The van der Waals surface area contributed by atoms with Crippen molar-refractivity contribution in [3.63, 3.8) is 0 Å². The van der Waals surface area contributed by atoms with Gasteiger partial charge in [0.2, 0.25) is 0 Å². The van der Waals surface area contributed by atoms with E-state index in [0.29, 0.717) is 10.8 Å². The van der Waals surface area contributed by atoms with Crippen LogP contribution < -0.4 is 56.1 Å². The molecule has 0 aliphatic rings. The molecule has 118 valence electrons. The number of thiocarbonyl (C=S) groups is 1. The minimum absolute atomic E-state index is 0. The first kappa shape index (κ1) is 22.9. The standard InChI is InChI=1S/C15H14ClNO3S.K.H2O/c1-18-17(19-2)15(21)20-14-8-6-11(7-9-14)12-4-3-5-13(16)10-12;;/h3-10H,1-2H3;;1H2/q;+1;/p-1. The quantitative estimate of drug-likeness (QED) is 0.447. The molecule has 5 nitrogen and oxygen atoms in total. The van der Waals surface area contributed by atoms with Crippen LogP contribution in [0.15, 0.2) is 48.5 Å². The van der Waals surface area contributed by atoms with Gasteiger partial charge in [-0.25, -0.2) is 9.68 Å². The van der Waals surface area contributed by atoms with E-state index < -0.39 is 0 Å². The van der Waals surface area contributed by atoms with Crippen molar-refractivity contribution < 1.29 is 71.3 Å². The molecule has 0 radical (unpaired) electrons. The van der Waals surface area contributed by atoms with Crippen LogP contribution in [0.25, 0.3) is 11.1 Å². The predicted molar refractivity (Wildman–Crippen MR) is 87.9 cm³/mol. The average molecular weight is 380 g/mol. The van der Waals surface area contributed by atoms with E-state index in [0.717, 1.165) is 16.4 Å². The van der Waals surface area contributed by atoms with Crippen LogP contribution in [-0.4, -0.2) is 30.1 Å². The summed E-state index contributed by atoms with van der Waals surface area (Å²) in [5.41, 5.74) is 2.07. The van der Waals surface area contributed by atoms with Crippen LogP contribution in [0.5, 0.6) is 5.75 Å². The Hall–Kier alpha value is -0.0636. The molecule has 2 aromatic carbocycles. The molecule has 0 spiro atoms. The SMILES string of the molecule is CON(OC)C(=S)Oc1ccc(-c2cccc(Cl)c2)cc1.[K+].[OH-]. The molecule has 0 fully saturated rings. The fourth-order valence-corrected chi connectivity index (χ4v) is 2.18. The number of benzene rings is 2. The Kier molecular flexibility index (Phi) is 11.5. The Morgan fingerprint density at radius 1 is 1.00 bits per heavy atom. The van der Waals surface area contributed by atoms with E-state index in [1.165, 1.54) is 14.2 Å². The first-order chi connectivity index (χ1) is 10.1. The average Bonchev–Trinajstić information content (AvgIpc) is 2.49. The maximum Gasteiger partial charge on any atom is 1.00 e. The molecule has 0 aliphatic heterocycles. The molecule has 0 saturated carbocycles. The number of halogens is 1. The zero-order chi connectivity index (χ0) is 15.2. The fraction of sp³-hybridized carbons (Fsp3) is 0.133. The molecular weight excluding hydrogens is 365 g/mol. The summed E-state index contributed by atoms with van der Waals surface area (Å²) >= 11 is 11.0. The van der Waals surface area contributed by atoms with E-state index in [-0.39, 0.29) is 62.0 Å². The third-order valence-corrected chi connectivity index (χ3v) is 3.17. The van der Waals surface area contributed by atoms with E-state index in [4.69, 9.17) is 38.2 Å². The number of hydroxylamine groups is 2. The molecule has 0 atom stereocenters. The molecule has 1 N–H and O–H groups in total. The molecule has 0 aliphatic carbocycles. The van der Waals surface area contributed by atoms with Gasteiger partial charge in [0.25, 0.3) is 0 Å². The predicted octanol–water partition coefficient (Wildman–Crippen LogP) is 0.923. The Bertz CT molecular complexity index is 623. The Morgan fingerprint density at radius 2 is 1.61 bits per heavy atom. The number of rotatable bonds is 4. The summed E-state index contributed by atoms with van der Waals surface area (Å²) in [5.74, 6) is 0.588. The number of ether oxygens (including phenoxy) is 1. The molecular formula is C15H15ClKNO4S. The molecule has 0 bridgehead atoms. The van der Waals surface area contributed by atoms with Crippen LogP contribution in [0.3, 0.4) is 0 Å². The van der Waals surface area contributed by atoms with Crippen molar-refractivity contribution in [1.29, 1.82) is 0 Å². The molecule has 2 aromatic rings. The molecule has 2 rings (SSSR count). The minimum atomic E-state index is 0. The summed E-state index contributed by atoms with van der Waals surface area (Å²) in [4.78, 5) is 9.74. The number of hydrogen-bond donors (Lipinski definition) is 0. The Labute approximate surface area is 188 Å². The second kappa shape index (κ2) is 11.5. The van der Waals surface area contributed by atoms with Crippen LogP contribution >= 0.6 is 23.8 Å². The van der Waals surface area contributed by atoms with E-state index in [9.17, 15) is 0 Å². The largest absolute Gasteiger partial charge is 1.00 e. The second-order valence-corrected chi connectivity index (χ2v) is 4.81. The normalized spacial score (nSPS) is 9.35. The van der Waals surface area contributed by atoms with Crippen molar-refractivity contribution in [2.24, 2.45) is 0 Å². The third-order valence-electron chi connectivity index (χ3n) is 2.70. The maximum absolute atomic E-state index is 5.99. The van der Waals surface area contributed by atoms with Gasteiger partial charge in [-0.05, 0) is 47.6 Å². The van der Waals surface area contributed by atoms with Crippen molar-refractivity contribution in [3.8, 4) is 16.9 Å². The van der Waals surface area contributed by atoms with Gasteiger partial charge >= 0.3 is 56.6 Å². The number of hydrogen-bond acceptors (Lipinski definition) is 5. The molecule has 0 saturated heterocycles. The summed E-state index contributed by atoms with van der Waals surface area (Å²) in [6.45, 7) is 0. The third kappa shape index (κ3) is 6.75. The van der Waals surface area contributed by atoms with Gasteiger partial charge in [0, 0.05) is 5.02 Å². The summed E-state index contributed by atoms with van der Waals surface area (Å²) in [7, 11) is 2.86. The van der Waals surface area contributed by atoms with Gasteiger partial charge in [-0.15, -0.1) is 0 Å². The van der Waals surface area contributed by atoms with E-state index in [1.807, 2.05) is 48.5 Å². The van der Waals surface area contributed by atoms with Crippen LogP contribution in [0.2, 0.25) is 5.02 Å².